The Kier molecular flexibility index (Phi) is 5.80. The highest BCUT2D eigenvalue weighted by atomic mass is 15.1. The van der Waals surface area contributed by atoms with Crippen LogP contribution in [0, 0.1) is 5.92 Å². The van der Waals surface area contributed by atoms with Crippen LogP contribution in [0.5, 0.6) is 0 Å². The Hall–Kier alpha value is -1.35. The normalized spacial score (nSPS) is 13.2. The Labute approximate surface area is 128 Å². The van der Waals surface area contributed by atoms with Crippen LogP contribution in [0.1, 0.15) is 46.4 Å². The summed E-state index contributed by atoms with van der Waals surface area (Å²) in [5.74, 6) is 1.92. The predicted molar refractivity (Wildman–Crippen MR) is 90.6 cm³/mol. The SMILES string of the molecule is CCCNC(Cc1nc2ccccc2n1CC)CC(C)C. The fourth-order valence-corrected chi connectivity index (χ4v) is 3.01. The molecule has 116 valence electrons. The fourth-order valence-electron chi connectivity index (χ4n) is 3.01. The third kappa shape index (κ3) is 4.07. The summed E-state index contributed by atoms with van der Waals surface area (Å²) >= 11 is 0. The minimum atomic E-state index is 0.520. The van der Waals surface area contributed by atoms with Crippen molar-refractivity contribution >= 4 is 11.0 Å². The number of aryl methyl sites for hydroxylation is 1. The first-order valence-electron chi connectivity index (χ1n) is 8.33. The van der Waals surface area contributed by atoms with Gasteiger partial charge in [-0.3, -0.25) is 0 Å². The molecule has 1 N–H and O–H groups in total. The summed E-state index contributed by atoms with van der Waals surface area (Å²) in [7, 11) is 0. The molecule has 3 heteroatoms. The van der Waals surface area contributed by atoms with Crippen molar-refractivity contribution in [1.29, 1.82) is 0 Å². The summed E-state index contributed by atoms with van der Waals surface area (Å²) in [5, 5.41) is 3.69. The first-order chi connectivity index (χ1) is 10.2. The monoisotopic (exact) mass is 287 g/mol. The number of rotatable bonds is 8. The molecule has 0 bridgehead atoms. The Morgan fingerprint density at radius 3 is 2.62 bits per heavy atom. The van der Waals surface area contributed by atoms with Crippen LogP contribution in [-0.2, 0) is 13.0 Å². The van der Waals surface area contributed by atoms with Gasteiger partial charge in [0.05, 0.1) is 11.0 Å². The highest BCUT2D eigenvalue weighted by Gasteiger charge is 2.16. The maximum Gasteiger partial charge on any atom is 0.111 e. The van der Waals surface area contributed by atoms with Crippen molar-refractivity contribution in [2.75, 3.05) is 6.54 Å². The first kappa shape index (κ1) is 16.0. The van der Waals surface area contributed by atoms with Gasteiger partial charge in [-0.2, -0.15) is 0 Å². The van der Waals surface area contributed by atoms with Crippen molar-refractivity contribution in [2.45, 2.75) is 59.5 Å². The van der Waals surface area contributed by atoms with Gasteiger partial charge in [0, 0.05) is 19.0 Å². The van der Waals surface area contributed by atoms with Gasteiger partial charge in [0.25, 0.3) is 0 Å². The van der Waals surface area contributed by atoms with Crippen molar-refractivity contribution < 1.29 is 0 Å². The van der Waals surface area contributed by atoms with E-state index in [1.807, 2.05) is 0 Å². The molecule has 0 saturated carbocycles. The van der Waals surface area contributed by atoms with Crippen LogP contribution in [0.4, 0.5) is 0 Å². The number of nitrogens with zero attached hydrogens (tertiary/aromatic N) is 2. The van der Waals surface area contributed by atoms with E-state index < -0.39 is 0 Å². The number of imidazole rings is 1. The summed E-state index contributed by atoms with van der Waals surface area (Å²) in [6, 6.07) is 8.97. The summed E-state index contributed by atoms with van der Waals surface area (Å²) in [4.78, 5) is 4.86. The smallest absolute Gasteiger partial charge is 0.111 e. The minimum absolute atomic E-state index is 0.520. The average Bonchev–Trinajstić information content (AvgIpc) is 2.81. The molecule has 1 aromatic carbocycles. The maximum absolute atomic E-state index is 4.86. The average molecular weight is 287 g/mol. The molecule has 2 aromatic rings. The van der Waals surface area contributed by atoms with E-state index in [0.29, 0.717) is 12.0 Å². The largest absolute Gasteiger partial charge is 0.328 e. The number of aromatic nitrogens is 2. The van der Waals surface area contributed by atoms with Crippen molar-refractivity contribution in [3.8, 4) is 0 Å². The van der Waals surface area contributed by atoms with Crippen molar-refractivity contribution in [1.82, 2.24) is 14.9 Å². The lowest BCUT2D eigenvalue weighted by Crippen LogP contribution is -2.34. The second kappa shape index (κ2) is 7.60. The second-order valence-corrected chi connectivity index (χ2v) is 6.25. The lowest BCUT2D eigenvalue weighted by Gasteiger charge is -2.20. The van der Waals surface area contributed by atoms with Crippen LogP contribution in [0.2, 0.25) is 0 Å². The predicted octanol–water partition coefficient (Wildman–Crippen LogP) is 4.01. The van der Waals surface area contributed by atoms with E-state index in [4.69, 9.17) is 4.98 Å². The number of hydrogen-bond donors (Lipinski definition) is 1. The van der Waals surface area contributed by atoms with Gasteiger partial charge in [-0.25, -0.2) is 4.98 Å². The molecular weight excluding hydrogens is 258 g/mol. The maximum atomic E-state index is 4.86. The third-order valence-electron chi connectivity index (χ3n) is 3.92. The molecule has 0 amide bonds. The highest BCUT2D eigenvalue weighted by Crippen LogP contribution is 2.18. The van der Waals surface area contributed by atoms with Crippen LogP contribution in [0.25, 0.3) is 11.0 Å². The summed E-state index contributed by atoms with van der Waals surface area (Å²) in [6.07, 6.45) is 3.40. The van der Waals surface area contributed by atoms with E-state index in [1.54, 1.807) is 0 Å². The zero-order valence-corrected chi connectivity index (χ0v) is 13.9. The molecule has 0 saturated heterocycles. The van der Waals surface area contributed by atoms with Crippen molar-refractivity contribution in [3.05, 3.63) is 30.1 Å². The standard InChI is InChI=1S/C18H29N3/c1-5-11-19-15(12-14(3)4)13-18-20-16-9-7-8-10-17(16)21(18)6-2/h7-10,14-15,19H,5-6,11-13H2,1-4H3. The zero-order valence-electron chi connectivity index (χ0n) is 13.9. The van der Waals surface area contributed by atoms with E-state index in [2.05, 4.69) is 61.8 Å². The quantitative estimate of drug-likeness (QED) is 0.795. The van der Waals surface area contributed by atoms with Gasteiger partial charge in [-0.1, -0.05) is 32.9 Å². The van der Waals surface area contributed by atoms with Gasteiger partial charge in [0.1, 0.15) is 5.82 Å². The lowest BCUT2D eigenvalue weighted by atomic mass is 10.0. The van der Waals surface area contributed by atoms with E-state index in [1.165, 1.54) is 24.2 Å². The number of para-hydroxylation sites is 2. The molecule has 3 nitrogen and oxygen atoms in total. The van der Waals surface area contributed by atoms with Gasteiger partial charge in [0.2, 0.25) is 0 Å². The fraction of sp³-hybridized carbons (Fsp3) is 0.611. The third-order valence-corrected chi connectivity index (χ3v) is 3.92. The molecule has 2 rings (SSSR count). The van der Waals surface area contributed by atoms with E-state index in [0.717, 1.165) is 25.0 Å². The summed E-state index contributed by atoms with van der Waals surface area (Å²) in [5.41, 5.74) is 2.38. The number of hydrogen-bond acceptors (Lipinski definition) is 2. The molecule has 1 aromatic heterocycles. The molecule has 0 aliphatic carbocycles. The Balaban J connectivity index is 2.22. The van der Waals surface area contributed by atoms with Crippen LogP contribution < -0.4 is 5.32 Å². The highest BCUT2D eigenvalue weighted by molar-refractivity contribution is 5.75. The number of nitrogens with one attached hydrogen (secondary N) is 1. The Morgan fingerprint density at radius 1 is 1.19 bits per heavy atom. The molecule has 1 atom stereocenters. The van der Waals surface area contributed by atoms with E-state index in [-0.39, 0.29) is 0 Å². The van der Waals surface area contributed by atoms with Crippen molar-refractivity contribution in [3.63, 3.8) is 0 Å². The van der Waals surface area contributed by atoms with E-state index >= 15 is 0 Å². The summed E-state index contributed by atoms with van der Waals surface area (Å²) in [6.45, 7) is 11.1. The van der Waals surface area contributed by atoms with Gasteiger partial charge >= 0.3 is 0 Å². The number of fused-ring (bicyclic) bond motifs is 1. The van der Waals surface area contributed by atoms with Gasteiger partial charge < -0.3 is 9.88 Å². The minimum Gasteiger partial charge on any atom is -0.328 e. The van der Waals surface area contributed by atoms with E-state index in [9.17, 15) is 0 Å². The second-order valence-electron chi connectivity index (χ2n) is 6.25. The van der Waals surface area contributed by atoms with Gasteiger partial charge in [0.15, 0.2) is 0 Å². The molecule has 0 aliphatic rings. The van der Waals surface area contributed by atoms with Crippen LogP contribution >= 0.6 is 0 Å². The molecule has 0 radical (unpaired) electrons. The molecule has 0 aliphatic heterocycles. The Morgan fingerprint density at radius 2 is 1.95 bits per heavy atom. The number of benzene rings is 1. The molecule has 1 unspecified atom stereocenters. The van der Waals surface area contributed by atoms with Crippen molar-refractivity contribution in [2.24, 2.45) is 5.92 Å². The molecule has 21 heavy (non-hydrogen) atoms. The lowest BCUT2D eigenvalue weighted by molar-refractivity contribution is 0.407. The van der Waals surface area contributed by atoms with Crippen LogP contribution in [0.15, 0.2) is 24.3 Å². The van der Waals surface area contributed by atoms with Crippen LogP contribution in [0.3, 0.4) is 0 Å². The van der Waals surface area contributed by atoms with Crippen LogP contribution in [-0.4, -0.2) is 22.1 Å². The van der Waals surface area contributed by atoms with Gasteiger partial charge in [-0.15, -0.1) is 0 Å². The molecular formula is C18H29N3. The molecule has 0 fully saturated rings. The molecule has 1 heterocycles. The topological polar surface area (TPSA) is 29.9 Å². The zero-order chi connectivity index (χ0) is 15.2. The Bertz CT molecular complexity index is 557. The molecule has 0 spiro atoms. The van der Waals surface area contributed by atoms with Gasteiger partial charge in [-0.05, 0) is 44.4 Å². The summed E-state index contributed by atoms with van der Waals surface area (Å²) < 4.78 is 2.36. The first-order valence-corrected chi connectivity index (χ1v) is 8.33.